The molecule has 0 saturated heterocycles. The number of amides is 3. The van der Waals surface area contributed by atoms with Crippen LogP contribution in [0.4, 0.5) is 10.5 Å². The van der Waals surface area contributed by atoms with Crippen LogP contribution in [-0.4, -0.2) is 17.7 Å². The summed E-state index contributed by atoms with van der Waals surface area (Å²) in [4.78, 5) is 22.5. The predicted molar refractivity (Wildman–Crippen MR) is 68.7 cm³/mol. The minimum absolute atomic E-state index is 0.223. The molecule has 0 aliphatic rings. The first-order valence-electron chi connectivity index (χ1n) is 5.07. The van der Waals surface area contributed by atoms with E-state index in [0.29, 0.717) is 11.4 Å². The number of nitrogens with two attached hydrogens (primary N) is 2. The Balaban J connectivity index is 2.43. The van der Waals surface area contributed by atoms with Crippen molar-refractivity contribution in [3.8, 4) is 0 Å². The summed E-state index contributed by atoms with van der Waals surface area (Å²) in [6.45, 7) is 1.98. The summed E-state index contributed by atoms with van der Waals surface area (Å²) >= 11 is 1.48. The van der Waals surface area contributed by atoms with Gasteiger partial charge in [0.2, 0.25) is 5.91 Å². The maximum atomic E-state index is 11.1. The molecule has 0 heterocycles. The Morgan fingerprint density at radius 1 is 1.41 bits per heavy atom. The summed E-state index contributed by atoms with van der Waals surface area (Å²) in [6, 6.07) is 4.90. The lowest BCUT2D eigenvalue weighted by Gasteiger charge is -2.06. The number of carbonyl (C=O) groups excluding carboxylic acids is 2. The van der Waals surface area contributed by atoms with Gasteiger partial charge in [-0.3, -0.25) is 10.1 Å². The highest BCUT2D eigenvalue weighted by atomic mass is 32.2. The summed E-state index contributed by atoms with van der Waals surface area (Å²) in [5, 5.41) is 2.01. The van der Waals surface area contributed by atoms with E-state index in [1.165, 1.54) is 11.8 Å². The minimum Gasteiger partial charge on any atom is -0.398 e. The molecule has 0 fully saturated rings. The average Bonchev–Trinajstić information content (AvgIpc) is 2.22. The van der Waals surface area contributed by atoms with E-state index >= 15 is 0 Å². The van der Waals surface area contributed by atoms with E-state index in [9.17, 15) is 9.59 Å². The Bertz CT molecular complexity index is 435. The van der Waals surface area contributed by atoms with E-state index in [0.717, 1.165) is 10.5 Å². The number of aryl methyl sites for hydroxylation is 1. The normalized spacial score (nSPS) is 9.94. The highest BCUT2D eigenvalue weighted by Crippen LogP contribution is 2.26. The molecule has 1 aromatic carbocycles. The quantitative estimate of drug-likeness (QED) is 0.555. The highest BCUT2D eigenvalue weighted by molar-refractivity contribution is 7.99. The summed E-state index contributed by atoms with van der Waals surface area (Å²) in [5.74, 6) is 0.170. The molecule has 5 N–H and O–H groups in total. The van der Waals surface area contributed by atoms with E-state index < -0.39 is 6.03 Å². The van der Waals surface area contributed by atoms with Crippen LogP contribution in [0.1, 0.15) is 12.0 Å². The number of rotatable bonds is 4. The van der Waals surface area contributed by atoms with Crippen LogP contribution in [-0.2, 0) is 4.79 Å². The van der Waals surface area contributed by atoms with Gasteiger partial charge in [-0.25, -0.2) is 4.79 Å². The molecule has 5 nitrogen and oxygen atoms in total. The lowest BCUT2D eigenvalue weighted by atomic mass is 10.2. The van der Waals surface area contributed by atoms with Gasteiger partial charge < -0.3 is 11.5 Å². The zero-order valence-corrected chi connectivity index (χ0v) is 10.3. The SMILES string of the molecule is Cc1ccc(N)c(SCCC(=O)NC(N)=O)c1. The minimum atomic E-state index is -0.824. The fourth-order valence-corrected chi connectivity index (χ4v) is 2.23. The highest BCUT2D eigenvalue weighted by Gasteiger charge is 2.05. The smallest absolute Gasteiger partial charge is 0.318 e. The number of benzene rings is 1. The second kappa shape index (κ2) is 6.15. The first-order chi connectivity index (χ1) is 7.99. The lowest BCUT2D eigenvalue weighted by molar-refractivity contribution is -0.119. The Labute approximate surface area is 104 Å². The molecule has 0 radical (unpaired) electrons. The Morgan fingerprint density at radius 2 is 2.12 bits per heavy atom. The number of hydrogen-bond donors (Lipinski definition) is 3. The van der Waals surface area contributed by atoms with E-state index in [2.05, 4.69) is 0 Å². The van der Waals surface area contributed by atoms with Crippen molar-refractivity contribution in [1.29, 1.82) is 0 Å². The van der Waals surface area contributed by atoms with E-state index in [4.69, 9.17) is 11.5 Å². The van der Waals surface area contributed by atoms with Gasteiger partial charge in [0.25, 0.3) is 0 Å². The van der Waals surface area contributed by atoms with Crippen molar-refractivity contribution in [3.05, 3.63) is 23.8 Å². The third-order valence-corrected chi connectivity index (χ3v) is 3.09. The largest absolute Gasteiger partial charge is 0.398 e. The number of anilines is 1. The van der Waals surface area contributed by atoms with Gasteiger partial charge in [0, 0.05) is 22.8 Å². The fraction of sp³-hybridized carbons (Fsp3) is 0.273. The van der Waals surface area contributed by atoms with Crippen LogP contribution in [0.3, 0.4) is 0 Å². The monoisotopic (exact) mass is 253 g/mol. The van der Waals surface area contributed by atoms with Crippen molar-refractivity contribution in [2.24, 2.45) is 5.73 Å². The molecule has 0 spiro atoms. The molecule has 0 unspecified atom stereocenters. The molecule has 17 heavy (non-hydrogen) atoms. The molecule has 1 aromatic rings. The van der Waals surface area contributed by atoms with E-state index in [1.807, 2.05) is 30.4 Å². The van der Waals surface area contributed by atoms with Crippen molar-refractivity contribution >= 4 is 29.4 Å². The third-order valence-electron chi connectivity index (χ3n) is 2.02. The zero-order chi connectivity index (χ0) is 12.8. The second-order valence-corrected chi connectivity index (χ2v) is 4.69. The molecule has 1 rings (SSSR count). The van der Waals surface area contributed by atoms with Crippen molar-refractivity contribution in [2.75, 3.05) is 11.5 Å². The first kappa shape index (κ1) is 13.4. The molecule has 0 aromatic heterocycles. The number of nitrogens with one attached hydrogen (secondary N) is 1. The topological polar surface area (TPSA) is 98.2 Å². The number of nitrogen functional groups attached to an aromatic ring is 1. The van der Waals surface area contributed by atoms with Gasteiger partial charge in [-0.15, -0.1) is 11.8 Å². The van der Waals surface area contributed by atoms with Crippen molar-refractivity contribution < 1.29 is 9.59 Å². The number of hydrogen-bond acceptors (Lipinski definition) is 4. The third kappa shape index (κ3) is 4.78. The van der Waals surface area contributed by atoms with Crippen LogP contribution in [0.15, 0.2) is 23.1 Å². The molecular formula is C11H15N3O2S. The van der Waals surface area contributed by atoms with Gasteiger partial charge >= 0.3 is 6.03 Å². The molecule has 6 heteroatoms. The van der Waals surface area contributed by atoms with Crippen molar-refractivity contribution in [2.45, 2.75) is 18.2 Å². The number of carbonyl (C=O) groups is 2. The van der Waals surface area contributed by atoms with Crippen LogP contribution in [0, 0.1) is 6.92 Å². The molecule has 0 saturated carbocycles. The van der Waals surface area contributed by atoms with Gasteiger partial charge in [-0.1, -0.05) is 6.07 Å². The molecule has 0 aliphatic heterocycles. The average molecular weight is 253 g/mol. The number of urea groups is 1. The predicted octanol–water partition coefficient (Wildman–Crippen LogP) is 1.25. The maximum Gasteiger partial charge on any atom is 0.318 e. The fourth-order valence-electron chi connectivity index (χ4n) is 1.22. The standard InChI is InChI=1S/C11H15N3O2S/c1-7-2-3-8(12)9(6-7)17-5-4-10(15)14-11(13)16/h2-3,6H,4-5,12H2,1H3,(H3,13,14,15,16). The first-order valence-corrected chi connectivity index (χ1v) is 6.06. The number of thioether (sulfide) groups is 1. The van der Waals surface area contributed by atoms with Crippen LogP contribution in [0.25, 0.3) is 0 Å². The van der Waals surface area contributed by atoms with E-state index in [1.54, 1.807) is 0 Å². The van der Waals surface area contributed by atoms with Gasteiger partial charge in [0.1, 0.15) is 0 Å². The van der Waals surface area contributed by atoms with Crippen molar-refractivity contribution in [3.63, 3.8) is 0 Å². The Kier molecular flexibility index (Phi) is 4.84. The molecule has 0 aliphatic carbocycles. The summed E-state index contributed by atoms with van der Waals surface area (Å²) < 4.78 is 0. The van der Waals surface area contributed by atoms with Gasteiger partial charge in [0.05, 0.1) is 0 Å². The van der Waals surface area contributed by atoms with Crippen LogP contribution < -0.4 is 16.8 Å². The Morgan fingerprint density at radius 3 is 2.76 bits per heavy atom. The van der Waals surface area contributed by atoms with Gasteiger partial charge in [0.15, 0.2) is 0 Å². The molecule has 0 atom stereocenters. The van der Waals surface area contributed by atoms with Crippen molar-refractivity contribution in [1.82, 2.24) is 5.32 Å². The maximum absolute atomic E-state index is 11.1. The van der Waals surface area contributed by atoms with Crippen LogP contribution in [0.2, 0.25) is 0 Å². The molecule has 3 amide bonds. The zero-order valence-electron chi connectivity index (χ0n) is 9.53. The summed E-state index contributed by atoms with van der Waals surface area (Å²) in [7, 11) is 0. The molecule has 0 bridgehead atoms. The Hall–Kier alpha value is -1.69. The lowest BCUT2D eigenvalue weighted by Crippen LogP contribution is -2.35. The van der Waals surface area contributed by atoms with E-state index in [-0.39, 0.29) is 12.3 Å². The van der Waals surface area contributed by atoms with Gasteiger partial charge in [-0.2, -0.15) is 0 Å². The number of imide groups is 1. The van der Waals surface area contributed by atoms with Crippen LogP contribution in [0.5, 0.6) is 0 Å². The summed E-state index contributed by atoms with van der Waals surface area (Å²) in [5.41, 5.74) is 12.4. The van der Waals surface area contributed by atoms with Gasteiger partial charge in [-0.05, 0) is 24.6 Å². The van der Waals surface area contributed by atoms with Crippen LogP contribution >= 0.6 is 11.8 Å². The molecular weight excluding hydrogens is 238 g/mol. The second-order valence-electron chi connectivity index (χ2n) is 3.55. The summed E-state index contributed by atoms with van der Waals surface area (Å²) in [6.07, 6.45) is 0.223. The molecule has 92 valence electrons. The number of primary amides is 1.